The second-order valence-electron chi connectivity index (χ2n) is 9.83. The van der Waals surface area contributed by atoms with Crippen molar-refractivity contribution in [2.24, 2.45) is 0 Å². The van der Waals surface area contributed by atoms with Crippen molar-refractivity contribution in [3.8, 4) is 0 Å². The third kappa shape index (κ3) is 8.37. The Morgan fingerprint density at radius 3 is 2.35 bits per heavy atom. The van der Waals surface area contributed by atoms with Crippen LogP contribution in [0.1, 0.15) is 47.9 Å². The van der Waals surface area contributed by atoms with Crippen LogP contribution in [0.15, 0.2) is 78.9 Å². The van der Waals surface area contributed by atoms with Crippen molar-refractivity contribution < 1.29 is 9.59 Å². The highest BCUT2D eigenvalue weighted by molar-refractivity contribution is 7.99. The maximum atomic E-state index is 13.7. The topological polar surface area (TPSA) is 49.4 Å². The van der Waals surface area contributed by atoms with E-state index in [4.69, 9.17) is 11.6 Å². The first-order chi connectivity index (χ1) is 18.0. The summed E-state index contributed by atoms with van der Waals surface area (Å²) >= 11 is 7.70. The molecular formula is C31H35ClN2O2S. The van der Waals surface area contributed by atoms with Crippen molar-refractivity contribution in [2.45, 2.75) is 63.4 Å². The molecule has 0 spiro atoms. The van der Waals surface area contributed by atoms with E-state index < -0.39 is 6.04 Å². The average molecular weight is 535 g/mol. The minimum absolute atomic E-state index is 0.0323. The molecule has 1 aliphatic rings. The predicted molar refractivity (Wildman–Crippen MR) is 154 cm³/mol. The van der Waals surface area contributed by atoms with Crippen molar-refractivity contribution in [3.05, 3.63) is 106 Å². The molecular weight excluding hydrogens is 500 g/mol. The number of aryl methyl sites for hydroxylation is 1. The third-order valence-electron chi connectivity index (χ3n) is 6.82. The summed E-state index contributed by atoms with van der Waals surface area (Å²) in [5, 5.41) is 3.91. The molecule has 0 unspecified atom stereocenters. The first kappa shape index (κ1) is 27.3. The fourth-order valence-electron chi connectivity index (χ4n) is 4.85. The summed E-state index contributed by atoms with van der Waals surface area (Å²) in [6, 6.07) is 25.4. The van der Waals surface area contributed by atoms with Crippen LogP contribution < -0.4 is 5.32 Å². The Balaban J connectivity index is 1.56. The summed E-state index contributed by atoms with van der Waals surface area (Å²) in [6.45, 7) is 2.43. The van der Waals surface area contributed by atoms with Gasteiger partial charge >= 0.3 is 0 Å². The zero-order valence-corrected chi connectivity index (χ0v) is 22.9. The molecule has 4 nitrogen and oxygen atoms in total. The minimum Gasteiger partial charge on any atom is -0.352 e. The SMILES string of the molecule is Cc1cccc(CSCC(=O)N(Cc2ccc(Cl)cc2)[C@@H](Cc2ccccc2)C(=O)NC2CCCC2)c1. The fraction of sp³-hybridized carbons (Fsp3) is 0.355. The van der Waals surface area contributed by atoms with Gasteiger partial charge in [-0.15, -0.1) is 11.8 Å². The van der Waals surface area contributed by atoms with Gasteiger partial charge in [-0.25, -0.2) is 0 Å². The molecule has 1 aliphatic carbocycles. The molecule has 37 heavy (non-hydrogen) atoms. The Bertz CT molecular complexity index is 1160. The first-order valence-corrected chi connectivity index (χ1v) is 14.5. The molecule has 1 atom stereocenters. The number of carbonyl (C=O) groups is 2. The van der Waals surface area contributed by atoms with Gasteiger partial charge in [0.15, 0.2) is 0 Å². The molecule has 3 aromatic carbocycles. The predicted octanol–water partition coefficient (Wildman–Crippen LogP) is 6.58. The Hall–Kier alpha value is -2.76. The van der Waals surface area contributed by atoms with E-state index in [2.05, 4.69) is 30.4 Å². The molecule has 2 amide bonds. The lowest BCUT2D eigenvalue weighted by Gasteiger charge is -2.32. The van der Waals surface area contributed by atoms with Gasteiger partial charge in [0.1, 0.15) is 6.04 Å². The summed E-state index contributed by atoms with van der Waals surface area (Å²) < 4.78 is 0. The standard InChI is InChI=1S/C31H35ClN2O2S/c1-23-8-7-11-26(18-23)21-37-22-30(35)34(20-25-14-16-27(32)17-15-25)29(19-24-9-3-2-4-10-24)31(36)33-28-12-5-6-13-28/h2-4,7-11,14-18,28-29H,5-6,12-13,19-22H2,1H3,(H,33,36)/t29-/m0/s1. The number of nitrogens with zero attached hydrogens (tertiary/aromatic N) is 1. The van der Waals surface area contributed by atoms with E-state index in [0.717, 1.165) is 42.6 Å². The number of rotatable bonds is 11. The van der Waals surface area contributed by atoms with Gasteiger partial charge in [-0.05, 0) is 48.6 Å². The van der Waals surface area contributed by atoms with E-state index in [1.165, 1.54) is 11.1 Å². The molecule has 6 heteroatoms. The van der Waals surface area contributed by atoms with Gasteiger partial charge in [-0.3, -0.25) is 9.59 Å². The largest absolute Gasteiger partial charge is 0.352 e. The van der Waals surface area contributed by atoms with Crippen LogP contribution in [0.2, 0.25) is 5.02 Å². The lowest BCUT2D eigenvalue weighted by Crippen LogP contribution is -2.52. The summed E-state index contributed by atoms with van der Waals surface area (Å²) in [4.78, 5) is 29.2. The van der Waals surface area contributed by atoms with Gasteiger partial charge in [0, 0.05) is 29.8 Å². The van der Waals surface area contributed by atoms with E-state index >= 15 is 0 Å². The highest BCUT2D eigenvalue weighted by Crippen LogP contribution is 2.22. The molecule has 1 saturated carbocycles. The maximum absolute atomic E-state index is 13.7. The van der Waals surface area contributed by atoms with Gasteiger partial charge in [0.2, 0.25) is 11.8 Å². The van der Waals surface area contributed by atoms with E-state index in [-0.39, 0.29) is 17.9 Å². The minimum atomic E-state index is -0.592. The molecule has 0 bridgehead atoms. The summed E-state index contributed by atoms with van der Waals surface area (Å²) in [7, 11) is 0. The van der Waals surface area contributed by atoms with Crippen LogP contribution in [0.3, 0.4) is 0 Å². The molecule has 0 aliphatic heterocycles. The lowest BCUT2D eigenvalue weighted by molar-refractivity contribution is -0.139. The highest BCUT2D eigenvalue weighted by atomic mass is 35.5. The van der Waals surface area contributed by atoms with Crippen molar-refractivity contribution in [3.63, 3.8) is 0 Å². The molecule has 0 saturated heterocycles. The van der Waals surface area contributed by atoms with Crippen LogP contribution >= 0.6 is 23.4 Å². The molecule has 0 aromatic heterocycles. The highest BCUT2D eigenvalue weighted by Gasteiger charge is 2.32. The molecule has 1 N–H and O–H groups in total. The molecule has 194 valence electrons. The first-order valence-electron chi connectivity index (χ1n) is 13.0. The fourth-order valence-corrected chi connectivity index (χ4v) is 5.83. The maximum Gasteiger partial charge on any atom is 0.243 e. The second-order valence-corrected chi connectivity index (χ2v) is 11.2. The van der Waals surface area contributed by atoms with Gasteiger partial charge in [-0.2, -0.15) is 0 Å². The number of amides is 2. The zero-order valence-electron chi connectivity index (χ0n) is 21.4. The van der Waals surface area contributed by atoms with Crippen molar-refractivity contribution >= 4 is 35.2 Å². The number of carbonyl (C=O) groups excluding carboxylic acids is 2. The quantitative estimate of drug-likeness (QED) is 0.302. The zero-order chi connectivity index (χ0) is 26.0. The van der Waals surface area contributed by atoms with Gasteiger partial charge in [0.05, 0.1) is 5.75 Å². The number of nitrogens with one attached hydrogen (secondary N) is 1. The van der Waals surface area contributed by atoms with Crippen molar-refractivity contribution in [2.75, 3.05) is 5.75 Å². The second kappa shape index (κ2) is 13.7. The summed E-state index contributed by atoms with van der Waals surface area (Å²) in [5.74, 6) is 0.959. The normalized spacial score (nSPS) is 14.3. The van der Waals surface area contributed by atoms with Crippen molar-refractivity contribution in [1.29, 1.82) is 0 Å². The Labute approximate surface area is 229 Å². The van der Waals surface area contributed by atoms with Crippen LogP contribution in [-0.2, 0) is 28.3 Å². The van der Waals surface area contributed by atoms with Crippen LogP contribution in [0.4, 0.5) is 0 Å². The Kier molecular flexibility index (Phi) is 10.1. The van der Waals surface area contributed by atoms with E-state index in [9.17, 15) is 9.59 Å². The molecule has 1 fully saturated rings. The molecule has 0 heterocycles. The van der Waals surface area contributed by atoms with Crippen LogP contribution in [-0.4, -0.2) is 34.6 Å². The Morgan fingerprint density at radius 2 is 1.65 bits per heavy atom. The van der Waals surface area contributed by atoms with E-state index in [0.29, 0.717) is 23.7 Å². The third-order valence-corrected chi connectivity index (χ3v) is 8.06. The number of benzene rings is 3. The van der Waals surface area contributed by atoms with Gasteiger partial charge < -0.3 is 10.2 Å². The smallest absolute Gasteiger partial charge is 0.243 e. The molecule has 3 aromatic rings. The monoisotopic (exact) mass is 534 g/mol. The Morgan fingerprint density at radius 1 is 0.946 bits per heavy atom. The van der Waals surface area contributed by atoms with E-state index in [1.807, 2.05) is 60.7 Å². The van der Waals surface area contributed by atoms with Crippen LogP contribution in [0.5, 0.6) is 0 Å². The molecule has 4 rings (SSSR count). The summed E-state index contributed by atoms with van der Waals surface area (Å²) in [6.07, 6.45) is 4.75. The van der Waals surface area contributed by atoms with Gasteiger partial charge in [0.25, 0.3) is 0 Å². The van der Waals surface area contributed by atoms with Crippen LogP contribution in [0, 0.1) is 6.92 Å². The van der Waals surface area contributed by atoms with E-state index in [1.54, 1.807) is 16.7 Å². The van der Waals surface area contributed by atoms with Gasteiger partial charge in [-0.1, -0.05) is 96.7 Å². The number of hydrogen-bond acceptors (Lipinski definition) is 3. The van der Waals surface area contributed by atoms with Crippen LogP contribution in [0.25, 0.3) is 0 Å². The lowest BCUT2D eigenvalue weighted by atomic mass is 10.0. The number of thioether (sulfide) groups is 1. The average Bonchev–Trinajstić information content (AvgIpc) is 3.41. The number of hydrogen-bond donors (Lipinski definition) is 1. The summed E-state index contributed by atoms with van der Waals surface area (Å²) in [5.41, 5.74) is 4.39. The molecule has 0 radical (unpaired) electrons. The number of halogens is 1. The van der Waals surface area contributed by atoms with Crippen molar-refractivity contribution in [1.82, 2.24) is 10.2 Å².